The smallest absolute Gasteiger partial charge is 0.229 e. The van der Waals surface area contributed by atoms with Gasteiger partial charge in [0.05, 0.1) is 0 Å². The lowest BCUT2D eigenvalue weighted by Crippen LogP contribution is -2.25. The molecule has 0 saturated carbocycles. The Morgan fingerprint density at radius 3 is 2.19 bits per heavy atom. The molecule has 0 aliphatic carbocycles. The third-order valence-electron chi connectivity index (χ3n) is 4.62. The highest BCUT2D eigenvalue weighted by Crippen LogP contribution is 2.31. The number of nitrogens with zero attached hydrogens (tertiary/aromatic N) is 2. The second-order valence-corrected chi connectivity index (χ2v) is 6.67. The Balaban J connectivity index is 2.04. The molecule has 0 amide bonds. The fourth-order valence-electron chi connectivity index (χ4n) is 3.19. The third-order valence-corrected chi connectivity index (χ3v) is 4.62. The first-order chi connectivity index (χ1) is 13.2. The van der Waals surface area contributed by atoms with Crippen molar-refractivity contribution in [3.63, 3.8) is 0 Å². The van der Waals surface area contributed by atoms with Gasteiger partial charge in [-0.05, 0) is 40.8 Å². The molecule has 138 valence electrons. The molecule has 0 aliphatic heterocycles. The minimum Gasteiger partial charge on any atom is -0.274 e. The molecule has 3 rings (SSSR count). The topological polar surface area (TPSA) is 34.4 Å². The van der Waals surface area contributed by atoms with E-state index in [-0.39, 0.29) is 5.91 Å². The van der Waals surface area contributed by atoms with Crippen LogP contribution >= 0.6 is 0 Å². The molecule has 0 aliphatic rings. The number of carbonyl (C=O) groups is 1. The summed E-state index contributed by atoms with van der Waals surface area (Å²) in [4.78, 5) is 16.8. The van der Waals surface area contributed by atoms with Crippen LogP contribution in [0.25, 0.3) is 22.3 Å². The molecule has 0 unspecified atom stereocenters. The van der Waals surface area contributed by atoms with Crippen LogP contribution in [-0.4, -0.2) is 17.0 Å². The highest BCUT2D eigenvalue weighted by Gasteiger charge is 2.09. The van der Waals surface area contributed by atoms with Crippen LogP contribution in [0.3, 0.4) is 0 Å². The van der Waals surface area contributed by atoms with E-state index >= 15 is 0 Å². The summed E-state index contributed by atoms with van der Waals surface area (Å²) in [6, 6.07) is 22.6. The second-order valence-electron chi connectivity index (χ2n) is 6.67. The summed E-state index contributed by atoms with van der Waals surface area (Å²) in [5, 5.41) is 0. The Kier molecular flexibility index (Phi) is 6.37. The SMILES string of the molecule is CCCCCN=c1ccc(-c2ccccc2-c2ccccc2)cn1C(C)=O. The van der Waals surface area contributed by atoms with E-state index in [4.69, 9.17) is 0 Å². The predicted octanol–water partition coefficient (Wildman–Crippen LogP) is 5.57. The van der Waals surface area contributed by atoms with Crippen LogP contribution in [-0.2, 0) is 0 Å². The van der Waals surface area contributed by atoms with Gasteiger partial charge >= 0.3 is 0 Å². The van der Waals surface area contributed by atoms with Crippen molar-refractivity contribution in [3.05, 3.63) is 78.4 Å². The van der Waals surface area contributed by atoms with Gasteiger partial charge in [0.25, 0.3) is 0 Å². The fourth-order valence-corrected chi connectivity index (χ4v) is 3.19. The number of rotatable bonds is 6. The quantitative estimate of drug-likeness (QED) is 0.530. The number of benzene rings is 2. The van der Waals surface area contributed by atoms with Crippen LogP contribution in [0.2, 0.25) is 0 Å². The molecule has 0 N–H and O–H groups in total. The van der Waals surface area contributed by atoms with Crippen molar-refractivity contribution in [2.24, 2.45) is 4.99 Å². The van der Waals surface area contributed by atoms with E-state index in [0.717, 1.165) is 53.5 Å². The van der Waals surface area contributed by atoms with Gasteiger partial charge in [-0.25, -0.2) is 0 Å². The van der Waals surface area contributed by atoms with E-state index < -0.39 is 0 Å². The van der Waals surface area contributed by atoms with Crippen LogP contribution in [0.15, 0.2) is 77.9 Å². The molecule has 0 bridgehead atoms. The summed E-state index contributed by atoms with van der Waals surface area (Å²) in [7, 11) is 0. The van der Waals surface area contributed by atoms with Gasteiger partial charge in [0.2, 0.25) is 5.91 Å². The Bertz CT molecular complexity index is 971. The summed E-state index contributed by atoms with van der Waals surface area (Å²) < 4.78 is 1.66. The number of carbonyl (C=O) groups excluding carboxylic acids is 1. The molecule has 3 nitrogen and oxygen atoms in total. The van der Waals surface area contributed by atoms with Crippen LogP contribution in [0.4, 0.5) is 0 Å². The number of unbranched alkanes of at least 4 members (excludes halogenated alkanes) is 2. The van der Waals surface area contributed by atoms with Gasteiger partial charge in [-0.1, -0.05) is 74.4 Å². The maximum absolute atomic E-state index is 12.2. The zero-order valence-electron chi connectivity index (χ0n) is 16.1. The van der Waals surface area contributed by atoms with E-state index in [0.29, 0.717) is 0 Å². The van der Waals surface area contributed by atoms with Crippen molar-refractivity contribution in [2.45, 2.75) is 33.1 Å². The van der Waals surface area contributed by atoms with E-state index in [1.165, 1.54) is 0 Å². The molecule has 2 aromatic carbocycles. The standard InChI is InChI=1S/C24H26N2O/c1-3-4-10-17-25-24-16-15-21(18-26(24)19(2)27)23-14-9-8-13-22(23)20-11-6-5-7-12-20/h5-9,11-16,18H,3-4,10,17H2,1-2H3. The lowest BCUT2D eigenvalue weighted by atomic mass is 9.95. The molecule has 0 fully saturated rings. The third kappa shape index (κ3) is 4.62. The van der Waals surface area contributed by atoms with Gasteiger partial charge in [0, 0.05) is 19.7 Å². The van der Waals surface area contributed by atoms with Gasteiger partial charge in [-0.15, -0.1) is 0 Å². The Labute approximate surface area is 161 Å². The molecule has 0 saturated heterocycles. The van der Waals surface area contributed by atoms with Crippen molar-refractivity contribution in [1.82, 2.24) is 4.57 Å². The van der Waals surface area contributed by atoms with E-state index in [2.05, 4.69) is 42.2 Å². The predicted molar refractivity (Wildman–Crippen MR) is 112 cm³/mol. The van der Waals surface area contributed by atoms with Gasteiger partial charge in [0.1, 0.15) is 5.49 Å². The van der Waals surface area contributed by atoms with Crippen LogP contribution in [0.5, 0.6) is 0 Å². The zero-order valence-corrected chi connectivity index (χ0v) is 16.1. The monoisotopic (exact) mass is 358 g/mol. The molecule has 1 heterocycles. The molecule has 3 aromatic rings. The lowest BCUT2D eigenvalue weighted by molar-refractivity contribution is 0.0931. The van der Waals surface area contributed by atoms with Gasteiger partial charge < -0.3 is 0 Å². The molecule has 27 heavy (non-hydrogen) atoms. The Hall–Kier alpha value is -2.94. The maximum Gasteiger partial charge on any atom is 0.229 e. The average molecular weight is 358 g/mol. The molecular formula is C24H26N2O. The molecule has 1 aromatic heterocycles. The van der Waals surface area contributed by atoms with Crippen molar-refractivity contribution < 1.29 is 4.79 Å². The number of hydrogen-bond acceptors (Lipinski definition) is 2. The zero-order chi connectivity index (χ0) is 19.1. The van der Waals surface area contributed by atoms with Crippen molar-refractivity contribution in [3.8, 4) is 22.3 Å². The van der Waals surface area contributed by atoms with Gasteiger partial charge in [-0.3, -0.25) is 14.4 Å². The van der Waals surface area contributed by atoms with Crippen LogP contribution in [0.1, 0.15) is 37.9 Å². The summed E-state index contributed by atoms with van der Waals surface area (Å²) in [5.41, 5.74) is 5.16. The first-order valence-electron chi connectivity index (χ1n) is 9.59. The lowest BCUT2D eigenvalue weighted by Gasteiger charge is -2.12. The van der Waals surface area contributed by atoms with Crippen LogP contribution in [0, 0.1) is 0 Å². The number of aromatic nitrogens is 1. The van der Waals surface area contributed by atoms with Crippen LogP contribution < -0.4 is 5.49 Å². The first kappa shape index (κ1) is 18.8. The van der Waals surface area contributed by atoms with Gasteiger partial charge in [0.15, 0.2) is 0 Å². The normalized spacial score (nSPS) is 11.6. The average Bonchev–Trinajstić information content (AvgIpc) is 2.72. The first-order valence-corrected chi connectivity index (χ1v) is 9.59. The second kappa shape index (κ2) is 9.13. The summed E-state index contributed by atoms with van der Waals surface area (Å²) in [5.74, 6) is -0.0247. The van der Waals surface area contributed by atoms with Crippen molar-refractivity contribution in [2.75, 3.05) is 6.54 Å². The van der Waals surface area contributed by atoms with Gasteiger partial charge in [-0.2, -0.15) is 0 Å². The van der Waals surface area contributed by atoms with E-state index in [9.17, 15) is 4.79 Å². The minimum atomic E-state index is -0.0247. The van der Waals surface area contributed by atoms with Crippen molar-refractivity contribution in [1.29, 1.82) is 0 Å². The molecule has 0 atom stereocenters. The summed E-state index contributed by atoms with van der Waals surface area (Å²) in [6.07, 6.45) is 5.28. The largest absolute Gasteiger partial charge is 0.274 e. The summed E-state index contributed by atoms with van der Waals surface area (Å²) >= 11 is 0. The highest BCUT2D eigenvalue weighted by atomic mass is 16.1. The number of pyridine rings is 1. The highest BCUT2D eigenvalue weighted by molar-refractivity contribution is 5.84. The van der Waals surface area contributed by atoms with E-state index in [1.54, 1.807) is 11.5 Å². The summed E-state index contributed by atoms with van der Waals surface area (Å²) in [6.45, 7) is 4.51. The molecule has 3 heteroatoms. The van der Waals surface area contributed by atoms with E-state index in [1.807, 2.05) is 42.6 Å². The molecule has 0 spiro atoms. The number of hydrogen-bond donors (Lipinski definition) is 0. The minimum absolute atomic E-state index is 0.0247. The molecule has 0 radical (unpaired) electrons. The maximum atomic E-state index is 12.2. The Morgan fingerprint density at radius 2 is 1.52 bits per heavy atom. The molecular weight excluding hydrogens is 332 g/mol. The van der Waals surface area contributed by atoms with Crippen molar-refractivity contribution >= 4 is 5.91 Å². The fraction of sp³-hybridized carbons (Fsp3) is 0.250. The Morgan fingerprint density at radius 1 is 0.852 bits per heavy atom.